The zero-order valence-corrected chi connectivity index (χ0v) is 9.98. The number of halogens is 3. The molecule has 0 fully saturated rings. The van der Waals surface area contributed by atoms with Crippen molar-refractivity contribution in [3.8, 4) is 0 Å². The topological polar surface area (TPSA) is 60.4 Å². The van der Waals surface area contributed by atoms with Crippen molar-refractivity contribution in [2.24, 2.45) is 5.41 Å². The Bertz CT molecular complexity index is 459. The second-order valence-electron chi connectivity index (χ2n) is 4.14. The van der Waals surface area contributed by atoms with Gasteiger partial charge in [-0.2, -0.15) is 21.6 Å². The van der Waals surface area contributed by atoms with Gasteiger partial charge >= 0.3 is 15.6 Å². The van der Waals surface area contributed by atoms with Gasteiger partial charge < -0.3 is 4.18 Å². The molecule has 0 unspecified atom stereocenters. The van der Waals surface area contributed by atoms with Crippen LogP contribution in [0.1, 0.15) is 26.7 Å². The van der Waals surface area contributed by atoms with Crippen molar-refractivity contribution in [2.75, 3.05) is 0 Å². The lowest BCUT2D eigenvalue weighted by molar-refractivity contribution is -0.127. The zero-order valence-electron chi connectivity index (χ0n) is 9.17. The van der Waals surface area contributed by atoms with Crippen LogP contribution in [0.3, 0.4) is 0 Å². The monoisotopic (exact) mass is 272 g/mol. The van der Waals surface area contributed by atoms with Crippen LogP contribution in [-0.2, 0) is 19.1 Å². The van der Waals surface area contributed by atoms with E-state index in [1.165, 1.54) is 19.9 Å². The summed E-state index contributed by atoms with van der Waals surface area (Å²) in [5.74, 6) is -0.821. The highest BCUT2D eigenvalue weighted by Crippen LogP contribution is 2.38. The molecular formula is C9H11F3O4S. The molecule has 1 aliphatic carbocycles. The summed E-state index contributed by atoms with van der Waals surface area (Å²) in [5.41, 5.74) is -6.85. The average Bonchev–Trinajstić information content (AvgIpc) is 2.11. The van der Waals surface area contributed by atoms with Gasteiger partial charge in [0.1, 0.15) is 11.5 Å². The maximum Gasteiger partial charge on any atom is 0.534 e. The predicted octanol–water partition coefficient (Wildman–Crippen LogP) is 2.13. The first-order valence-corrected chi connectivity index (χ1v) is 6.14. The van der Waals surface area contributed by atoms with Crippen molar-refractivity contribution in [2.45, 2.75) is 32.2 Å². The zero-order chi connectivity index (χ0) is 13.5. The van der Waals surface area contributed by atoms with Crippen LogP contribution in [0.5, 0.6) is 0 Å². The number of Topliss-reactive ketones (excluding diaryl/α,β-unsaturated/α-hetero) is 1. The van der Waals surface area contributed by atoms with E-state index >= 15 is 0 Å². The Balaban J connectivity index is 3.05. The van der Waals surface area contributed by atoms with Crippen LogP contribution in [0, 0.1) is 5.41 Å². The summed E-state index contributed by atoms with van der Waals surface area (Å²) in [7, 11) is -5.71. The number of carbonyl (C=O) groups is 1. The first-order chi connectivity index (χ1) is 7.48. The van der Waals surface area contributed by atoms with Gasteiger partial charge in [-0.25, -0.2) is 0 Å². The van der Waals surface area contributed by atoms with E-state index in [1.807, 2.05) is 0 Å². The SMILES string of the molecule is CC1(C)C(=O)CCC=C1OS(=O)(=O)C(F)(F)F. The Morgan fingerprint density at radius 3 is 2.35 bits per heavy atom. The summed E-state index contributed by atoms with van der Waals surface area (Å²) in [6.07, 6.45) is 1.53. The highest BCUT2D eigenvalue weighted by Gasteiger charge is 2.51. The first-order valence-electron chi connectivity index (χ1n) is 4.73. The molecule has 4 nitrogen and oxygen atoms in total. The molecule has 0 saturated carbocycles. The molecule has 0 aliphatic heterocycles. The second-order valence-corrected chi connectivity index (χ2v) is 5.68. The normalized spacial score (nSPS) is 21.0. The lowest BCUT2D eigenvalue weighted by Gasteiger charge is -2.29. The number of rotatable bonds is 2. The molecule has 0 bridgehead atoms. The smallest absolute Gasteiger partial charge is 0.380 e. The molecule has 0 spiro atoms. The van der Waals surface area contributed by atoms with Crippen molar-refractivity contribution in [1.82, 2.24) is 0 Å². The van der Waals surface area contributed by atoms with Crippen LogP contribution in [0.2, 0.25) is 0 Å². The molecule has 0 aromatic heterocycles. The van der Waals surface area contributed by atoms with Crippen molar-refractivity contribution in [3.05, 3.63) is 11.8 Å². The van der Waals surface area contributed by atoms with E-state index in [4.69, 9.17) is 0 Å². The Morgan fingerprint density at radius 1 is 1.35 bits per heavy atom. The van der Waals surface area contributed by atoms with Crippen molar-refractivity contribution < 1.29 is 30.6 Å². The number of hydrogen-bond donors (Lipinski definition) is 0. The fraction of sp³-hybridized carbons (Fsp3) is 0.667. The molecule has 0 N–H and O–H groups in total. The van der Waals surface area contributed by atoms with E-state index in [2.05, 4.69) is 4.18 Å². The largest absolute Gasteiger partial charge is 0.534 e. The first kappa shape index (κ1) is 14.0. The molecule has 0 heterocycles. The third-order valence-corrected chi connectivity index (χ3v) is 3.46. The molecule has 0 aromatic carbocycles. The molecule has 0 saturated heterocycles. The maximum atomic E-state index is 12.1. The van der Waals surface area contributed by atoms with Crippen LogP contribution in [0.4, 0.5) is 13.2 Å². The second kappa shape index (κ2) is 4.01. The van der Waals surface area contributed by atoms with Gasteiger partial charge in [0.05, 0.1) is 5.41 Å². The Morgan fingerprint density at radius 2 is 1.88 bits per heavy atom. The van der Waals surface area contributed by atoms with E-state index in [0.717, 1.165) is 0 Å². The standard InChI is InChI=1S/C9H11F3O4S/c1-8(2)6(13)4-3-5-7(8)16-17(14,15)9(10,11)12/h5H,3-4H2,1-2H3. The van der Waals surface area contributed by atoms with Crippen molar-refractivity contribution in [3.63, 3.8) is 0 Å². The molecule has 0 atom stereocenters. The summed E-state index contributed by atoms with van der Waals surface area (Å²) in [6, 6.07) is 0. The summed E-state index contributed by atoms with van der Waals surface area (Å²) >= 11 is 0. The Hall–Kier alpha value is -1.05. The molecule has 1 rings (SSSR count). The minimum absolute atomic E-state index is 0.159. The van der Waals surface area contributed by atoms with Gasteiger partial charge in [-0.15, -0.1) is 0 Å². The van der Waals surface area contributed by atoms with Crippen molar-refractivity contribution >= 4 is 15.9 Å². The minimum atomic E-state index is -5.71. The molecule has 17 heavy (non-hydrogen) atoms. The fourth-order valence-corrected chi connectivity index (χ4v) is 1.95. The van der Waals surface area contributed by atoms with Gasteiger partial charge in [-0.1, -0.05) is 0 Å². The fourth-order valence-electron chi connectivity index (χ4n) is 1.34. The van der Waals surface area contributed by atoms with Crippen LogP contribution < -0.4 is 0 Å². The predicted molar refractivity (Wildman–Crippen MR) is 52.2 cm³/mol. The van der Waals surface area contributed by atoms with E-state index in [9.17, 15) is 26.4 Å². The minimum Gasteiger partial charge on any atom is -0.380 e. The van der Waals surface area contributed by atoms with Crippen molar-refractivity contribution in [1.29, 1.82) is 0 Å². The van der Waals surface area contributed by atoms with E-state index in [-0.39, 0.29) is 18.6 Å². The average molecular weight is 272 g/mol. The van der Waals surface area contributed by atoms with Gasteiger partial charge in [0.2, 0.25) is 0 Å². The molecule has 0 amide bonds. The highest BCUT2D eigenvalue weighted by molar-refractivity contribution is 7.87. The summed E-state index contributed by atoms with van der Waals surface area (Å²) in [6.45, 7) is 2.65. The molecule has 8 heteroatoms. The molecule has 98 valence electrons. The molecule has 1 aliphatic rings. The number of carbonyl (C=O) groups excluding carboxylic acids is 1. The Labute approximate surface area is 96.6 Å². The van der Waals surface area contributed by atoms with Crippen LogP contribution in [0.15, 0.2) is 11.8 Å². The van der Waals surface area contributed by atoms with Crippen LogP contribution in [0.25, 0.3) is 0 Å². The summed E-state index contributed by atoms with van der Waals surface area (Å²) < 4.78 is 62.0. The van der Waals surface area contributed by atoms with Gasteiger partial charge in [0.15, 0.2) is 0 Å². The number of alkyl halides is 3. The summed E-state index contributed by atoms with van der Waals surface area (Å²) in [4.78, 5) is 11.5. The summed E-state index contributed by atoms with van der Waals surface area (Å²) in [5, 5.41) is 0. The van der Waals surface area contributed by atoms with Crippen LogP contribution in [-0.4, -0.2) is 19.7 Å². The van der Waals surface area contributed by atoms with Gasteiger partial charge in [0, 0.05) is 6.42 Å². The van der Waals surface area contributed by atoms with Gasteiger partial charge in [0.25, 0.3) is 0 Å². The van der Waals surface area contributed by atoms with E-state index in [1.54, 1.807) is 0 Å². The van der Waals surface area contributed by atoms with Gasteiger partial charge in [-0.3, -0.25) is 4.79 Å². The third kappa shape index (κ3) is 2.62. The lowest BCUT2D eigenvalue weighted by atomic mass is 9.80. The quantitative estimate of drug-likeness (QED) is 0.570. The molecule has 0 aromatic rings. The Kier molecular flexibility index (Phi) is 3.30. The maximum absolute atomic E-state index is 12.1. The highest BCUT2D eigenvalue weighted by atomic mass is 32.2. The van der Waals surface area contributed by atoms with Crippen LogP contribution >= 0.6 is 0 Å². The van der Waals surface area contributed by atoms with Gasteiger partial charge in [-0.05, 0) is 26.3 Å². The van der Waals surface area contributed by atoms with E-state index in [0.29, 0.717) is 0 Å². The number of hydrogen-bond acceptors (Lipinski definition) is 4. The lowest BCUT2D eigenvalue weighted by Crippen LogP contribution is -2.34. The molecular weight excluding hydrogens is 261 g/mol. The number of ketones is 1. The number of allylic oxidation sites excluding steroid dienone is 2. The third-order valence-electron chi connectivity index (χ3n) is 2.50. The van der Waals surface area contributed by atoms with E-state index < -0.39 is 26.8 Å². The molecule has 0 radical (unpaired) electrons.